The highest BCUT2D eigenvalue weighted by atomic mass is 79.9. The first-order chi connectivity index (χ1) is 6.56. The fourth-order valence-electron chi connectivity index (χ4n) is 0.917. The number of halogens is 2. The van der Waals surface area contributed by atoms with Crippen LogP contribution in [0, 0.1) is 0 Å². The van der Waals surface area contributed by atoms with Gasteiger partial charge < -0.3 is 4.90 Å². The van der Waals surface area contributed by atoms with E-state index < -0.39 is 0 Å². The molecule has 0 aliphatic heterocycles. The summed E-state index contributed by atoms with van der Waals surface area (Å²) < 4.78 is 1.85. The zero-order chi connectivity index (χ0) is 10.7. The Morgan fingerprint density at radius 2 is 2.36 bits per heavy atom. The van der Waals surface area contributed by atoms with Crippen LogP contribution < -0.4 is 0 Å². The lowest BCUT2D eigenvalue weighted by Gasteiger charge is -2.12. The maximum absolute atomic E-state index is 11.7. The third-order valence-corrected chi connectivity index (χ3v) is 4.85. The summed E-state index contributed by atoms with van der Waals surface area (Å²) in [5, 5.41) is 0. The van der Waals surface area contributed by atoms with Crippen LogP contribution in [0.4, 0.5) is 0 Å². The predicted molar refractivity (Wildman–Crippen MR) is 66.9 cm³/mol. The molecule has 0 saturated heterocycles. The van der Waals surface area contributed by atoms with E-state index in [0.717, 1.165) is 8.26 Å². The fourth-order valence-corrected chi connectivity index (χ4v) is 2.95. The smallest absolute Gasteiger partial charge is 0.264 e. The van der Waals surface area contributed by atoms with Gasteiger partial charge in [0.15, 0.2) is 0 Å². The number of carbonyl (C=O) groups excluding carboxylic acids is 1. The van der Waals surface area contributed by atoms with Crippen LogP contribution in [0.3, 0.4) is 0 Å². The Morgan fingerprint density at radius 1 is 1.71 bits per heavy atom. The maximum Gasteiger partial charge on any atom is 0.264 e. The Bertz CT molecular complexity index is 342. The average molecular weight is 339 g/mol. The van der Waals surface area contributed by atoms with Crippen LogP contribution in [0.15, 0.2) is 27.0 Å². The van der Waals surface area contributed by atoms with Gasteiger partial charge in [0.05, 0.1) is 8.66 Å². The molecule has 0 aliphatic carbocycles. The molecule has 76 valence electrons. The Kier molecular flexibility index (Phi) is 4.34. The second kappa shape index (κ2) is 5.09. The normalized spacial score (nSPS) is 9.93. The van der Waals surface area contributed by atoms with Gasteiger partial charge in [-0.05, 0) is 37.9 Å². The molecule has 5 heteroatoms. The topological polar surface area (TPSA) is 20.3 Å². The van der Waals surface area contributed by atoms with Crippen LogP contribution in [0.5, 0.6) is 0 Å². The van der Waals surface area contributed by atoms with Gasteiger partial charge in [-0.15, -0.1) is 17.9 Å². The number of carbonyl (C=O) groups is 1. The summed E-state index contributed by atoms with van der Waals surface area (Å²) in [4.78, 5) is 14.1. The highest BCUT2D eigenvalue weighted by Gasteiger charge is 2.14. The molecule has 2 nitrogen and oxygen atoms in total. The lowest BCUT2D eigenvalue weighted by Crippen LogP contribution is -2.25. The SMILES string of the molecule is C=CCN(C)C(=O)c1cc(Br)c(Br)s1. The van der Waals surface area contributed by atoms with Gasteiger partial charge in [0, 0.05) is 18.1 Å². The van der Waals surface area contributed by atoms with Gasteiger partial charge >= 0.3 is 0 Å². The Morgan fingerprint density at radius 3 is 2.79 bits per heavy atom. The monoisotopic (exact) mass is 337 g/mol. The third-order valence-electron chi connectivity index (χ3n) is 1.61. The highest BCUT2D eigenvalue weighted by Crippen LogP contribution is 2.32. The molecule has 0 N–H and O–H groups in total. The number of hydrogen-bond donors (Lipinski definition) is 0. The fraction of sp³-hybridized carbons (Fsp3) is 0.222. The van der Waals surface area contributed by atoms with Gasteiger partial charge in [0.2, 0.25) is 0 Å². The van der Waals surface area contributed by atoms with Crippen molar-refractivity contribution in [2.45, 2.75) is 0 Å². The molecule has 0 aromatic carbocycles. The van der Waals surface area contributed by atoms with E-state index in [-0.39, 0.29) is 5.91 Å². The van der Waals surface area contributed by atoms with Crippen LogP contribution in [0.25, 0.3) is 0 Å². The molecule has 1 heterocycles. The molecule has 1 amide bonds. The summed E-state index contributed by atoms with van der Waals surface area (Å²) in [5.74, 6) is 0.0151. The van der Waals surface area contributed by atoms with E-state index in [2.05, 4.69) is 38.4 Å². The van der Waals surface area contributed by atoms with E-state index in [9.17, 15) is 4.79 Å². The molecule has 1 aromatic heterocycles. The lowest BCUT2D eigenvalue weighted by atomic mass is 10.4. The zero-order valence-electron chi connectivity index (χ0n) is 7.59. The van der Waals surface area contributed by atoms with E-state index in [1.165, 1.54) is 11.3 Å². The standard InChI is InChI=1S/C9H9Br2NOS/c1-3-4-12(2)9(13)7-5-6(10)8(11)14-7/h3,5H,1,4H2,2H3. The number of likely N-dealkylation sites (N-methyl/N-ethyl adjacent to an activating group) is 1. The van der Waals surface area contributed by atoms with E-state index in [0.29, 0.717) is 11.4 Å². The van der Waals surface area contributed by atoms with Crippen molar-refractivity contribution < 1.29 is 4.79 Å². The second-order valence-corrected chi connectivity index (χ2v) is 5.93. The number of thiophene rings is 1. The van der Waals surface area contributed by atoms with Crippen LogP contribution in [0.2, 0.25) is 0 Å². The van der Waals surface area contributed by atoms with Crippen molar-refractivity contribution in [3.63, 3.8) is 0 Å². The molecule has 0 atom stereocenters. The summed E-state index contributed by atoms with van der Waals surface area (Å²) in [5.41, 5.74) is 0. The summed E-state index contributed by atoms with van der Waals surface area (Å²) in [7, 11) is 1.76. The molecular weight excluding hydrogens is 330 g/mol. The van der Waals surface area contributed by atoms with Crippen molar-refractivity contribution in [2.75, 3.05) is 13.6 Å². The second-order valence-electron chi connectivity index (χ2n) is 2.71. The summed E-state index contributed by atoms with van der Waals surface area (Å²) in [6.07, 6.45) is 1.70. The first-order valence-corrected chi connectivity index (χ1v) is 6.27. The summed E-state index contributed by atoms with van der Waals surface area (Å²) in [6.45, 7) is 4.15. The van der Waals surface area contributed by atoms with Gasteiger partial charge in [-0.3, -0.25) is 4.79 Å². The molecule has 0 bridgehead atoms. The number of hydrogen-bond acceptors (Lipinski definition) is 2. The van der Waals surface area contributed by atoms with Crippen molar-refractivity contribution in [3.8, 4) is 0 Å². The van der Waals surface area contributed by atoms with E-state index in [1.54, 1.807) is 18.0 Å². The van der Waals surface area contributed by atoms with E-state index >= 15 is 0 Å². The third kappa shape index (κ3) is 2.68. The van der Waals surface area contributed by atoms with Gasteiger partial charge in [-0.25, -0.2) is 0 Å². The molecule has 1 aromatic rings. The van der Waals surface area contributed by atoms with Crippen molar-refractivity contribution >= 4 is 49.1 Å². The van der Waals surface area contributed by atoms with Crippen molar-refractivity contribution in [2.24, 2.45) is 0 Å². The van der Waals surface area contributed by atoms with Crippen LogP contribution in [0.1, 0.15) is 9.67 Å². The summed E-state index contributed by atoms with van der Waals surface area (Å²) >= 11 is 8.12. The number of nitrogens with zero attached hydrogens (tertiary/aromatic N) is 1. The number of amides is 1. The van der Waals surface area contributed by atoms with Crippen molar-refractivity contribution in [1.29, 1.82) is 0 Å². The number of rotatable bonds is 3. The Hall–Kier alpha value is -0.130. The quantitative estimate of drug-likeness (QED) is 0.772. The first kappa shape index (κ1) is 11.9. The molecule has 0 saturated carbocycles. The van der Waals surface area contributed by atoms with Gasteiger partial charge in [-0.2, -0.15) is 0 Å². The van der Waals surface area contributed by atoms with Gasteiger partial charge in [0.1, 0.15) is 0 Å². The summed E-state index contributed by atoms with van der Waals surface area (Å²) in [6, 6.07) is 1.82. The van der Waals surface area contributed by atoms with Crippen LogP contribution >= 0.6 is 43.2 Å². The molecule has 14 heavy (non-hydrogen) atoms. The van der Waals surface area contributed by atoms with Crippen molar-refractivity contribution in [3.05, 3.63) is 31.9 Å². The average Bonchev–Trinajstić information content (AvgIpc) is 2.46. The van der Waals surface area contributed by atoms with E-state index in [4.69, 9.17) is 0 Å². The molecular formula is C9H9Br2NOS. The Balaban J connectivity index is 2.83. The van der Waals surface area contributed by atoms with Crippen LogP contribution in [-0.4, -0.2) is 24.4 Å². The maximum atomic E-state index is 11.7. The molecule has 0 unspecified atom stereocenters. The minimum Gasteiger partial charge on any atom is -0.337 e. The molecule has 0 aliphatic rings. The molecule has 0 radical (unpaired) electrons. The molecule has 0 spiro atoms. The van der Waals surface area contributed by atoms with Gasteiger partial charge in [-0.1, -0.05) is 6.08 Å². The van der Waals surface area contributed by atoms with Gasteiger partial charge in [0.25, 0.3) is 5.91 Å². The zero-order valence-corrected chi connectivity index (χ0v) is 11.6. The minimum absolute atomic E-state index is 0.0151. The molecule has 1 rings (SSSR count). The van der Waals surface area contributed by atoms with Crippen molar-refractivity contribution in [1.82, 2.24) is 4.90 Å². The van der Waals surface area contributed by atoms with E-state index in [1.807, 2.05) is 6.07 Å². The highest BCUT2D eigenvalue weighted by molar-refractivity contribution is 9.13. The van der Waals surface area contributed by atoms with Crippen LogP contribution in [-0.2, 0) is 0 Å². The predicted octanol–water partition coefficient (Wildman–Crippen LogP) is 3.53. The first-order valence-electron chi connectivity index (χ1n) is 3.87. The lowest BCUT2D eigenvalue weighted by molar-refractivity contribution is 0.0815. The molecule has 0 fully saturated rings. The Labute approximate surface area is 104 Å². The largest absolute Gasteiger partial charge is 0.337 e. The minimum atomic E-state index is 0.0151.